The first-order valence-corrected chi connectivity index (χ1v) is 6.69. The molecule has 1 aromatic rings. The van der Waals surface area contributed by atoms with Crippen molar-refractivity contribution in [3.63, 3.8) is 0 Å². The van der Waals surface area contributed by atoms with Crippen LogP contribution in [0, 0.1) is 6.92 Å². The van der Waals surface area contributed by atoms with Crippen LogP contribution in [-0.2, 0) is 4.74 Å². The van der Waals surface area contributed by atoms with Crippen molar-refractivity contribution in [2.75, 3.05) is 50.5 Å². The van der Waals surface area contributed by atoms with Crippen molar-refractivity contribution in [3.8, 4) is 0 Å². The second-order valence-electron chi connectivity index (χ2n) is 5.05. The number of hydrogen-bond acceptors (Lipinski definition) is 6. The lowest BCUT2D eigenvalue weighted by atomic mass is 10.2. The van der Waals surface area contributed by atoms with Gasteiger partial charge in [-0.25, -0.2) is 4.98 Å². The summed E-state index contributed by atoms with van der Waals surface area (Å²) in [6.07, 6.45) is 0. The highest BCUT2D eigenvalue weighted by molar-refractivity contribution is 5.44. The minimum Gasteiger partial charge on any atom is -0.383 e. The van der Waals surface area contributed by atoms with Crippen molar-refractivity contribution in [2.45, 2.75) is 19.9 Å². The maximum absolute atomic E-state index is 5.72. The van der Waals surface area contributed by atoms with Crippen LogP contribution in [0.3, 0.4) is 0 Å². The first-order chi connectivity index (χ1) is 9.10. The maximum atomic E-state index is 5.72. The van der Waals surface area contributed by atoms with E-state index < -0.39 is 0 Å². The normalized spacial score (nSPS) is 20.8. The van der Waals surface area contributed by atoms with Crippen molar-refractivity contribution in [1.82, 2.24) is 14.9 Å². The lowest BCUT2D eigenvalue weighted by molar-refractivity contribution is 0.117. The molecule has 2 N–H and O–H groups in total. The summed E-state index contributed by atoms with van der Waals surface area (Å²) in [5.41, 5.74) is 6.63. The third-order valence-corrected chi connectivity index (χ3v) is 3.53. The van der Waals surface area contributed by atoms with Crippen molar-refractivity contribution in [1.29, 1.82) is 0 Å². The molecule has 1 saturated heterocycles. The molecule has 0 aliphatic carbocycles. The number of nitrogen functional groups attached to an aromatic ring is 1. The van der Waals surface area contributed by atoms with Gasteiger partial charge in [0.25, 0.3) is 0 Å². The highest BCUT2D eigenvalue weighted by Crippen LogP contribution is 2.18. The number of methoxy groups -OCH3 is 1. The van der Waals surface area contributed by atoms with E-state index in [4.69, 9.17) is 10.5 Å². The predicted molar refractivity (Wildman–Crippen MR) is 76.3 cm³/mol. The number of nitrogens with zero attached hydrogens (tertiary/aromatic N) is 4. The Labute approximate surface area is 114 Å². The zero-order valence-corrected chi connectivity index (χ0v) is 12.0. The fourth-order valence-corrected chi connectivity index (χ4v) is 2.48. The Morgan fingerprint density at radius 1 is 1.42 bits per heavy atom. The number of rotatable bonds is 4. The molecular weight excluding hydrogens is 242 g/mol. The molecule has 2 heterocycles. The summed E-state index contributed by atoms with van der Waals surface area (Å²) < 4.78 is 5.14. The van der Waals surface area contributed by atoms with E-state index in [9.17, 15) is 0 Å². The van der Waals surface area contributed by atoms with Crippen LogP contribution in [-0.4, -0.2) is 60.8 Å². The van der Waals surface area contributed by atoms with Crippen molar-refractivity contribution < 1.29 is 4.74 Å². The average molecular weight is 265 g/mol. The van der Waals surface area contributed by atoms with Gasteiger partial charge in [0.15, 0.2) is 0 Å². The fourth-order valence-electron chi connectivity index (χ4n) is 2.48. The van der Waals surface area contributed by atoms with Gasteiger partial charge in [-0.2, -0.15) is 4.98 Å². The minimum absolute atomic E-state index is 0.351. The van der Waals surface area contributed by atoms with Gasteiger partial charge in [0.05, 0.1) is 6.61 Å². The first kappa shape index (κ1) is 14.0. The molecular formula is C13H23N5O. The topological polar surface area (TPSA) is 67.5 Å². The van der Waals surface area contributed by atoms with Crippen molar-refractivity contribution in [2.24, 2.45) is 0 Å². The number of piperazine rings is 1. The third-order valence-electron chi connectivity index (χ3n) is 3.53. The summed E-state index contributed by atoms with van der Waals surface area (Å²) in [6, 6.07) is 2.48. The molecule has 1 fully saturated rings. The minimum atomic E-state index is 0.351. The van der Waals surface area contributed by atoms with Crippen LogP contribution < -0.4 is 10.6 Å². The van der Waals surface area contributed by atoms with Gasteiger partial charge in [-0.1, -0.05) is 0 Å². The van der Waals surface area contributed by atoms with Crippen LogP contribution in [0.4, 0.5) is 11.8 Å². The maximum Gasteiger partial charge on any atom is 0.222 e. The summed E-state index contributed by atoms with van der Waals surface area (Å²) in [6.45, 7) is 8.89. The Balaban J connectivity index is 2.01. The molecule has 0 radical (unpaired) electrons. The monoisotopic (exact) mass is 265 g/mol. The molecule has 0 spiro atoms. The number of ether oxygens (including phenoxy) is 1. The number of hydrogen-bond donors (Lipinski definition) is 1. The Morgan fingerprint density at radius 3 is 2.84 bits per heavy atom. The molecule has 6 heteroatoms. The quantitative estimate of drug-likeness (QED) is 0.856. The molecule has 0 bridgehead atoms. The summed E-state index contributed by atoms with van der Waals surface area (Å²) in [5, 5.41) is 0. The average Bonchev–Trinajstić information content (AvgIpc) is 2.36. The second-order valence-corrected chi connectivity index (χ2v) is 5.05. The number of aromatic nitrogens is 2. The Bertz CT molecular complexity index is 405. The molecule has 0 aromatic carbocycles. The van der Waals surface area contributed by atoms with E-state index in [1.807, 2.05) is 13.0 Å². The van der Waals surface area contributed by atoms with Crippen molar-refractivity contribution in [3.05, 3.63) is 11.8 Å². The van der Waals surface area contributed by atoms with Crippen LogP contribution in [0.15, 0.2) is 6.07 Å². The van der Waals surface area contributed by atoms with Gasteiger partial charge in [-0.15, -0.1) is 0 Å². The highest BCUT2D eigenvalue weighted by Gasteiger charge is 2.24. The van der Waals surface area contributed by atoms with E-state index in [1.165, 1.54) is 0 Å². The fraction of sp³-hybridized carbons (Fsp3) is 0.692. The molecule has 0 unspecified atom stereocenters. The summed E-state index contributed by atoms with van der Waals surface area (Å²) in [5.74, 6) is 1.28. The molecule has 2 rings (SSSR count). The zero-order valence-electron chi connectivity index (χ0n) is 12.0. The van der Waals surface area contributed by atoms with Crippen LogP contribution in [0.1, 0.15) is 12.6 Å². The number of nitrogens with two attached hydrogens (primary N) is 1. The molecule has 1 aliphatic heterocycles. The van der Waals surface area contributed by atoms with Gasteiger partial charge >= 0.3 is 0 Å². The standard InChI is InChI=1S/C13H23N5O/c1-10-8-12(16-13(14)15-10)18-5-4-17(6-7-19-3)11(2)9-18/h8,11H,4-7,9H2,1-3H3,(H2,14,15,16)/t11-/m0/s1. The SMILES string of the molecule is COCCN1CCN(c2cc(C)nc(N)n2)C[C@@H]1C. The van der Waals surface area contributed by atoms with Gasteiger partial charge in [-0.05, 0) is 13.8 Å². The molecule has 1 aliphatic rings. The van der Waals surface area contributed by atoms with E-state index in [0.29, 0.717) is 12.0 Å². The van der Waals surface area contributed by atoms with Crippen LogP contribution in [0.5, 0.6) is 0 Å². The molecule has 106 valence electrons. The van der Waals surface area contributed by atoms with Gasteiger partial charge < -0.3 is 15.4 Å². The lowest BCUT2D eigenvalue weighted by Crippen LogP contribution is -2.53. The highest BCUT2D eigenvalue weighted by atomic mass is 16.5. The van der Waals surface area contributed by atoms with Crippen LogP contribution >= 0.6 is 0 Å². The summed E-state index contributed by atoms with van der Waals surface area (Å²) in [4.78, 5) is 13.2. The largest absolute Gasteiger partial charge is 0.383 e. The molecule has 6 nitrogen and oxygen atoms in total. The van der Waals surface area contributed by atoms with E-state index in [1.54, 1.807) is 7.11 Å². The van der Waals surface area contributed by atoms with E-state index in [-0.39, 0.29) is 0 Å². The smallest absolute Gasteiger partial charge is 0.222 e. The van der Waals surface area contributed by atoms with Gasteiger partial charge in [0, 0.05) is 51.1 Å². The summed E-state index contributed by atoms with van der Waals surface area (Å²) >= 11 is 0. The Hall–Kier alpha value is -1.40. The lowest BCUT2D eigenvalue weighted by Gasteiger charge is -2.40. The number of anilines is 2. The van der Waals surface area contributed by atoms with E-state index in [2.05, 4.69) is 26.7 Å². The molecule has 0 saturated carbocycles. The zero-order chi connectivity index (χ0) is 13.8. The van der Waals surface area contributed by atoms with Crippen molar-refractivity contribution >= 4 is 11.8 Å². The predicted octanol–water partition coefficient (Wildman–Crippen LogP) is 0.524. The molecule has 1 atom stereocenters. The molecule has 0 amide bonds. The van der Waals surface area contributed by atoms with Gasteiger partial charge in [-0.3, -0.25) is 4.90 Å². The van der Waals surface area contributed by atoms with Crippen LogP contribution in [0.25, 0.3) is 0 Å². The Morgan fingerprint density at radius 2 is 2.21 bits per heavy atom. The third kappa shape index (κ3) is 3.54. The van der Waals surface area contributed by atoms with E-state index >= 15 is 0 Å². The summed E-state index contributed by atoms with van der Waals surface area (Å²) in [7, 11) is 1.74. The Kier molecular flexibility index (Phi) is 4.55. The second kappa shape index (κ2) is 6.16. The van der Waals surface area contributed by atoms with Crippen LogP contribution in [0.2, 0.25) is 0 Å². The molecule has 19 heavy (non-hydrogen) atoms. The van der Waals surface area contributed by atoms with E-state index in [0.717, 1.165) is 44.3 Å². The molecule has 1 aromatic heterocycles. The van der Waals surface area contributed by atoms with Gasteiger partial charge in [0.1, 0.15) is 5.82 Å². The first-order valence-electron chi connectivity index (χ1n) is 6.69. The van der Waals surface area contributed by atoms with Gasteiger partial charge in [0.2, 0.25) is 5.95 Å². The number of aryl methyl sites for hydroxylation is 1.